The van der Waals surface area contributed by atoms with E-state index >= 15 is 0 Å². The van der Waals surface area contributed by atoms with E-state index in [0.29, 0.717) is 10.0 Å². The molecule has 2 aromatic rings. The Morgan fingerprint density at radius 1 is 0.826 bits per heavy atom. The molecule has 0 spiro atoms. The van der Waals surface area contributed by atoms with E-state index in [1.165, 1.54) is 36.4 Å². The predicted octanol–water partition coefficient (Wildman–Crippen LogP) is -1.78. The fourth-order valence-electron chi connectivity index (χ4n) is 1.69. The molecule has 0 saturated carbocycles. The molecular weight excluding hydrogens is 337 g/mol. The van der Waals surface area contributed by atoms with Crippen LogP contribution < -0.4 is 34.1 Å². The normalized spacial score (nSPS) is 10.2. The zero-order chi connectivity index (χ0) is 16.1. The van der Waals surface area contributed by atoms with Gasteiger partial charge in [0.15, 0.2) is 0 Å². The van der Waals surface area contributed by atoms with Crippen LogP contribution in [0.3, 0.4) is 0 Å². The molecule has 0 bridgehead atoms. The molecule has 0 aliphatic heterocycles. The van der Waals surface area contributed by atoms with Gasteiger partial charge in [-0.25, -0.2) is 0 Å². The topological polar surface area (TPSA) is 87.6 Å². The van der Waals surface area contributed by atoms with Gasteiger partial charge >= 0.3 is 26.2 Å². The van der Waals surface area contributed by atoms with Crippen molar-refractivity contribution in [2.24, 2.45) is 0 Å². The molecule has 0 fully saturated rings. The van der Waals surface area contributed by atoms with Crippen LogP contribution in [0.2, 0.25) is 10.0 Å². The first-order chi connectivity index (χ1) is 10.5. The second-order valence-corrected chi connectivity index (χ2v) is 5.29. The van der Waals surface area contributed by atoms with Crippen LogP contribution in [0, 0.1) is 0 Å². The molecule has 0 radical (unpaired) electrons. The van der Waals surface area contributed by atoms with Crippen molar-refractivity contribution in [1.29, 1.82) is 0 Å². The van der Waals surface area contributed by atoms with E-state index in [-0.39, 0.29) is 54.7 Å². The fraction of sp³-hybridized carbons (Fsp3) is 0.143. The van der Waals surface area contributed by atoms with Crippen molar-refractivity contribution in [3.05, 3.63) is 57.6 Å². The third-order valence-corrected chi connectivity index (χ3v) is 3.27. The predicted molar refractivity (Wildman–Crippen MR) is 77.1 cm³/mol. The van der Waals surface area contributed by atoms with E-state index in [0.717, 1.165) is 0 Å². The largest absolute Gasteiger partial charge is 1.00 e. The molecule has 2 rings (SSSR count). The van der Waals surface area contributed by atoms with Crippen molar-refractivity contribution < 1.29 is 43.4 Å². The van der Waals surface area contributed by atoms with Crippen LogP contribution in [0.25, 0.3) is 0 Å². The average Bonchev–Trinajstić information content (AvgIpc) is 2.49. The van der Waals surface area contributed by atoms with Gasteiger partial charge in [0.2, 0.25) is 0 Å². The number of hydrogen-bond acceptors (Lipinski definition) is 5. The van der Waals surface area contributed by atoms with Crippen molar-refractivity contribution in [2.45, 2.75) is 13.2 Å². The van der Waals surface area contributed by atoms with Crippen molar-refractivity contribution in [1.82, 2.24) is 0 Å². The van der Waals surface area contributed by atoms with Crippen molar-refractivity contribution in [3.63, 3.8) is 0 Å². The van der Waals surface area contributed by atoms with Crippen LogP contribution in [0.5, 0.6) is 11.5 Å². The minimum Gasteiger partial charge on any atom is -0.872 e. The standard InChI is InChI=1S/C14H12BCl2O5.Li/c16-11-1-3-13(18)9(5-11)7-21-15(20)22-8-10-6-12(17)2-4-14(10)19;/h1-6,18-19H,7-8H2;/q-1;+1/p-2. The van der Waals surface area contributed by atoms with Gasteiger partial charge in [0.25, 0.3) is 0 Å². The first kappa shape index (κ1) is 20.2. The summed E-state index contributed by atoms with van der Waals surface area (Å²) in [5, 5.41) is 35.3. The maximum atomic E-state index is 11.6. The zero-order valence-corrected chi connectivity index (χ0v) is 13.8. The summed E-state index contributed by atoms with van der Waals surface area (Å²) in [5.41, 5.74) is 0.508. The van der Waals surface area contributed by atoms with Crippen LogP contribution in [0.4, 0.5) is 0 Å². The molecule has 0 aromatic heterocycles. The second-order valence-electron chi connectivity index (χ2n) is 4.41. The van der Waals surface area contributed by atoms with Gasteiger partial charge in [-0.15, -0.1) is 11.5 Å². The summed E-state index contributed by atoms with van der Waals surface area (Å²) in [4.78, 5) is 0. The molecule has 116 valence electrons. The summed E-state index contributed by atoms with van der Waals surface area (Å²) in [6.07, 6.45) is 0. The van der Waals surface area contributed by atoms with Gasteiger partial charge in [0.05, 0.1) is 13.2 Å². The molecule has 2 aromatic carbocycles. The van der Waals surface area contributed by atoms with Gasteiger partial charge in [0, 0.05) is 10.0 Å². The third kappa shape index (κ3) is 6.28. The van der Waals surface area contributed by atoms with Crippen LogP contribution in [0.15, 0.2) is 36.4 Å². The first-order valence-electron chi connectivity index (χ1n) is 6.25. The van der Waals surface area contributed by atoms with Crippen molar-refractivity contribution in [3.8, 4) is 11.5 Å². The van der Waals surface area contributed by atoms with E-state index in [1.807, 2.05) is 0 Å². The van der Waals surface area contributed by atoms with E-state index in [2.05, 4.69) is 0 Å². The summed E-state index contributed by atoms with van der Waals surface area (Å²) in [6, 6.07) is 8.32. The fourth-order valence-corrected chi connectivity index (χ4v) is 2.07. The first-order valence-corrected chi connectivity index (χ1v) is 7.01. The molecule has 0 unspecified atom stereocenters. The van der Waals surface area contributed by atoms with Crippen molar-refractivity contribution in [2.75, 3.05) is 0 Å². The van der Waals surface area contributed by atoms with E-state index < -0.39 is 7.32 Å². The van der Waals surface area contributed by atoms with Crippen LogP contribution in [-0.2, 0) is 22.5 Å². The number of benzene rings is 2. The molecule has 0 heterocycles. The molecule has 5 nitrogen and oxygen atoms in total. The van der Waals surface area contributed by atoms with Gasteiger partial charge in [0.1, 0.15) is 0 Å². The minimum absolute atomic E-state index is 0. The summed E-state index contributed by atoms with van der Waals surface area (Å²) in [6.45, 7) is -0.458. The molecule has 0 atom stereocenters. The summed E-state index contributed by atoms with van der Waals surface area (Å²) in [7, 11) is -1.84. The van der Waals surface area contributed by atoms with Crippen molar-refractivity contribution >= 4 is 30.5 Å². The smallest absolute Gasteiger partial charge is 0.872 e. The van der Waals surface area contributed by atoms with Gasteiger partial charge in [-0.1, -0.05) is 35.3 Å². The number of hydrogen-bond donors (Lipinski definition) is 0. The molecule has 9 heteroatoms. The molecule has 0 aliphatic rings. The molecule has 23 heavy (non-hydrogen) atoms. The third-order valence-electron chi connectivity index (χ3n) is 2.79. The maximum absolute atomic E-state index is 11.6. The monoisotopic (exact) mass is 346 g/mol. The van der Waals surface area contributed by atoms with Gasteiger partial charge in [-0.3, -0.25) is 0 Å². The van der Waals surface area contributed by atoms with Crippen LogP contribution >= 0.6 is 23.2 Å². The minimum atomic E-state index is -1.84. The number of rotatable bonds is 6. The molecule has 0 amide bonds. The Labute approximate surface area is 156 Å². The molecule has 0 N–H and O–H groups in total. The summed E-state index contributed by atoms with van der Waals surface area (Å²) >= 11 is 11.5. The Hall–Kier alpha value is -0.838. The SMILES string of the molecule is [Li+].[O-]B(OCc1cc(Cl)ccc1[O-])OCc1cc(Cl)ccc1[O-]. The molecule has 0 saturated heterocycles. The van der Waals surface area contributed by atoms with E-state index in [9.17, 15) is 15.2 Å². The second kappa shape index (κ2) is 9.46. The summed E-state index contributed by atoms with van der Waals surface area (Å²) < 4.78 is 9.77. The Bertz CT molecular complexity index is 604. The van der Waals surface area contributed by atoms with Gasteiger partial charge < -0.3 is 24.5 Å². The quantitative estimate of drug-likeness (QED) is 0.577. The maximum Gasteiger partial charge on any atom is 1.00 e. The van der Waals surface area contributed by atoms with E-state index in [4.69, 9.17) is 32.5 Å². The Kier molecular flexibility index (Phi) is 8.31. The van der Waals surface area contributed by atoms with Crippen LogP contribution in [0.1, 0.15) is 11.1 Å². The Morgan fingerprint density at radius 2 is 1.22 bits per heavy atom. The molecule has 0 aliphatic carbocycles. The van der Waals surface area contributed by atoms with E-state index in [1.54, 1.807) is 0 Å². The molecular formula is C14H10BCl2LiO5-2. The zero-order valence-electron chi connectivity index (χ0n) is 12.3. The summed E-state index contributed by atoms with van der Waals surface area (Å²) in [5.74, 6) is -0.568. The number of halogens is 2. The Morgan fingerprint density at radius 3 is 1.61 bits per heavy atom. The van der Waals surface area contributed by atoms with Gasteiger partial charge in [-0.05, 0) is 35.4 Å². The average molecular weight is 347 g/mol. The Balaban J connectivity index is 0.00000264. The van der Waals surface area contributed by atoms with Crippen LogP contribution in [-0.4, -0.2) is 7.32 Å². The van der Waals surface area contributed by atoms with Gasteiger partial charge in [-0.2, -0.15) is 0 Å².